The number of amides is 1. The number of aryl methyl sites for hydroxylation is 6. The van der Waals surface area contributed by atoms with Gasteiger partial charge in [0.1, 0.15) is 11.4 Å². The summed E-state index contributed by atoms with van der Waals surface area (Å²) in [5, 5.41) is 7.66. The first-order valence-corrected chi connectivity index (χ1v) is 19.5. The Kier molecular flexibility index (Phi) is 9.22. The minimum absolute atomic E-state index is 0.134. The molecular weight excluding hydrogens is 719 g/mol. The van der Waals surface area contributed by atoms with E-state index < -0.39 is 10.0 Å². The van der Waals surface area contributed by atoms with Crippen LogP contribution in [-0.2, 0) is 30.5 Å². The first-order chi connectivity index (χ1) is 24.6. The van der Waals surface area contributed by atoms with Crippen molar-refractivity contribution in [2.24, 2.45) is 14.1 Å². The summed E-state index contributed by atoms with van der Waals surface area (Å²) in [6.45, 7) is 10.9. The lowest BCUT2D eigenvalue weighted by Crippen LogP contribution is -2.42. The fraction of sp³-hybridized carbons (Fsp3) is 0.333. The Morgan fingerprint density at radius 1 is 0.981 bits per heavy atom. The summed E-state index contributed by atoms with van der Waals surface area (Å²) in [5.74, 6) is 0.594. The lowest BCUT2D eigenvalue weighted by atomic mass is 9.98. The van der Waals surface area contributed by atoms with Crippen LogP contribution in [0.3, 0.4) is 0 Å². The average Bonchev–Trinajstić information content (AvgIpc) is 3.71. The average molecular weight is 762 g/mol. The molecule has 1 N–H and O–H groups in total. The van der Waals surface area contributed by atoms with Crippen LogP contribution in [0.25, 0.3) is 32.9 Å². The summed E-state index contributed by atoms with van der Waals surface area (Å²) < 4.78 is 40.2. The maximum absolute atomic E-state index is 15.0. The van der Waals surface area contributed by atoms with E-state index in [1.54, 1.807) is 23.1 Å². The van der Waals surface area contributed by atoms with Crippen molar-refractivity contribution < 1.29 is 17.9 Å². The van der Waals surface area contributed by atoms with Crippen LogP contribution in [0.15, 0.2) is 53.6 Å². The van der Waals surface area contributed by atoms with Gasteiger partial charge in [-0.25, -0.2) is 13.1 Å². The van der Waals surface area contributed by atoms with Crippen LogP contribution in [0.1, 0.15) is 58.0 Å². The fourth-order valence-corrected chi connectivity index (χ4v) is 8.90. The van der Waals surface area contributed by atoms with Crippen LogP contribution in [0.4, 0.5) is 5.69 Å². The van der Waals surface area contributed by atoms with Crippen molar-refractivity contribution in [3.63, 3.8) is 0 Å². The Bertz CT molecular complexity index is 2530. The summed E-state index contributed by atoms with van der Waals surface area (Å²) >= 11 is 13.5. The summed E-state index contributed by atoms with van der Waals surface area (Å²) in [4.78, 5) is 17.0. The first kappa shape index (κ1) is 36.1. The number of ether oxygens (including phenoxy) is 1. The number of anilines is 1. The molecule has 3 aromatic heterocycles. The van der Waals surface area contributed by atoms with E-state index >= 15 is 4.79 Å². The molecular formula is C39H42Cl2N6O4S. The Morgan fingerprint density at radius 3 is 2.35 bits per heavy atom. The highest BCUT2D eigenvalue weighted by molar-refractivity contribution is 7.89. The minimum atomic E-state index is -3.71. The number of hydrogen-bond acceptors (Lipinski definition) is 5. The third-order valence-electron chi connectivity index (χ3n) is 10.4. The molecule has 0 radical (unpaired) electrons. The standard InChI is InChI=1S/C39H42Cl2N6O4S/c1-21-16-26(17-22(2)36(21)41)51-15-9-10-28-29-12-13-31(40)35(34-24(4)43-45(8)25(34)5)37(29)47-23(3)19-46(39(48)38(28)47)33-20-44(7)32-14-11-27(18-30(32)33)52(49,50)42-6/h11-14,16-18,20,23,42H,9-10,15,19H2,1-8H3/t23-/m1/s1. The normalized spacial score (nSPS) is 14.9. The lowest BCUT2D eigenvalue weighted by molar-refractivity contribution is 0.0957. The Morgan fingerprint density at radius 2 is 1.69 bits per heavy atom. The van der Waals surface area contributed by atoms with Crippen molar-refractivity contribution in [3.8, 4) is 16.9 Å². The van der Waals surface area contributed by atoms with E-state index in [9.17, 15) is 8.42 Å². The maximum Gasteiger partial charge on any atom is 0.275 e. The number of carbonyl (C=O) groups excluding carboxylic acids is 1. The van der Waals surface area contributed by atoms with Gasteiger partial charge < -0.3 is 18.8 Å². The van der Waals surface area contributed by atoms with Crippen LogP contribution in [0.5, 0.6) is 5.75 Å². The van der Waals surface area contributed by atoms with Gasteiger partial charge in [-0.3, -0.25) is 9.48 Å². The number of benzene rings is 3. The molecule has 0 bridgehead atoms. The predicted molar refractivity (Wildman–Crippen MR) is 209 cm³/mol. The molecule has 6 aromatic rings. The van der Waals surface area contributed by atoms with Crippen LogP contribution in [0.2, 0.25) is 10.0 Å². The molecule has 7 rings (SSSR count). The Balaban J connectivity index is 1.38. The summed E-state index contributed by atoms with van der Waals surface area (Å²) in [7, 11) is 1.50. The third-order valence-corrected chi connectivity index (χ3v) is 12.7. The monoisotopic (exact) mass is 760 g/mol. The summed E-state index contributed by atoms with van der Waals surface area (Å²) in [5.41, 5.74) is 9.44. The maximum atomic E-state index is 15.0. The lowest BCUT2D eigenvalue weighted by Gasteiger charge is -2.34. The van der Waals surface area contributed by atoms with Crippen LogP contribution in [-0.4, -0.2) is 53.4 Å². The largest absolute Gasteiger partial charge is 0.494 e. The van der Waals surface area contributed by atoms with Gasteiger partial charge >= 0.3 is 0 Å². The number of hydrogen-bond donors (Lipinski definition) is 1. The molecule has 3 aromatic carbocycles. The number of carbonyl (C=O) groups is 1. The highest BCUT2D eigenvalue weighted by Gasteiger charge is 2.37. The smallest absolute Gasteiger partial charge is 0.275 e. The molecule has 52 heavy (non-hydrogen) atoms. The van der Waals surface area contributed by atoms with Gasteiger partial charge in [0.05, 0.1) is 33.4 Å². The van der Waals surface area contributed by atoms with E-state index in [2.05, 4.69) is 16.2 Å². The van der Waals surface area contributed by atoms with Crippen molar-refractivity contribution in [1.29, 1.82) is 0 Å². The number of nitrogens with zero attached hydrogens (tertiary/aromatic N) is 5. The molecule has 13 heteroatoms. The molecule has 0 saturated heterocycles. The fourth-order valence-electron chi connectivity index (χ4n) is 7.79. The molecule has 1 aliphatic heterocycles. The molecule has 1 atom stereocenters. The van der Waals surface area contributed by atoms with Gasteiger partial charge in [0.2, 0.25) is 10.0 Å². The van der Waals surface area contributed by atoms with Gasteiger partial charge in [-0.05, 0) is 108 Å². The predicted octanol–water partition coefficient (Wildman–Crippen LogP) is 8.22. The van der Waals surface area contributed by atoms with E-state index in [1.807, 2.05) is 81.5 Å². The molecule has 4 heterocycles. The zero-order chi connectivity index (χ0) is 37.4. The molecule has 1 aliphatic rings. The summed E-state index contributed by atoms with van der Waals surface area (Å²) in [6, 6.07) is 12.7. The van der Waals surface area contributed by atoms with Gasteiger partial charge in [0.15, 0.2) is 0 Å². The number of rotatable bonds is 9. The van der Waals surface area contributed by atoms with E-state index in [4.69, 9.17) is 33.0 Å². The molecule has 0 unspecified atom stereocenters. The van der Waals surface area contributed by atoms with Gasteiger partial charge in [-0.15, -0.1) is 0 Å². The van der Waals surface area contributed by atoms with Crippen molar-refractivity contribution >= 4 is 66.6 Å². The number of sulfonamides is 1. The third kappa shape index (κ3) is 5.78. The quantitative estimate of drug-likeness (QED) is 0.150. The topological polar surface area (TPSA) is 103 Å². The number of fused-ring (bicyclic) bond motifs is 4. The van der Waals surface area contributed by atoms with Crippen molar-refractivity contribution in [3.05, 3.63) is 92.5 Å². The molecule has 0 saturated carbocycles. The highest BCUT2D eigenvalue weighted by Crippen LogP contribution is 2.46. The molecule has 0 aliphatic carbocycles. The van der Waals surface area contributed by atoms with Crippen LogP contribution < -0.4 is 14.4 Å². The summed E-state index contributed by atoms with van der Waals surface area (Å²) in [6.07, 6.45) is 3.12. The second-order valence-corrected chi connectivity index (χ2v) is 16.5. The van der Waals surface area contributed by atoms with Gasteiger partial charge in [0, 0.05) is 71.0 Å². The van der Waals surface area contributed by atoms with E-state index in [-0.39, 0.29) is 16.8 Å². The number of halogens is 2. The number of aromatic nitrogens is 4. The second kappa shape index (κ2) is 13.3. The zero-order valence-corrected chi connectivity index (χ0v) is 32.9. The zero-order valence-electron chi connectivity index (χ0n) is 30.6. The van der Waals surface area contributed by atoms with E-state index in [0.29, 0.717) is 47.8 Å². The molecule has 1 amide bonds. The highest BCUT2D eigenvalue weighted by atomic mass is 35.5. The van der Waals surface area contributed by atoms with Gasteiger partial charge in [-0.1, -0.05) is 29.3 Å². The second-order valence-electron chi connectivity index (χ2n) is 13.8. The van der Waals surface area contributed by atoms with Crippen LogP contribution in [0, 0.1) is 27.7 Å². The molecule has 0 fully saturated rings. The van der Waals surface area contributed by atoms with Crippen molar-refractivity contribution in [2.75, 3.05) is 25.1 Å². The minimum Gasteiger partial charge on any atom is -0.494 e. The van der Waals surface area contributed by atoms with E-state index in [1.165, 1.54) is 7.05 Å². The van der Waals surface area contributed by atoms with Crippen molar-refractivity contribution in [1.82, 2.24) is 23.6 Å². The molecule has 10 nitrogen and oxygen atoms in total. The molecule has 0 spiro atoms. The molecule has 272 valence electrons. The SMILES string of the molecule is CNS(=O)(=O)c1ccc2c(c1)c(N1C[C@@H](C)n3c(c(CCCOc4cc(C)c(Cl)c(C)c4)c4ccc(Cl)c(-c5c(C)nn(C)c5C)c43)C1=O)cn2C. The van der Waals surface area contributed by atoms with Gasteiger partial charge in [-0.2, -0.15) is 5.10 Å². The first-order valence-electron chi connectivity index (χ1n) is 17.2. The van der Waals surface area contributed by atoms with Gasteiger partial charge in [0.25, 0.3) is 5.91 Å². The van der Waals surface area contributed by atoms with Crippen molar-refractivity contribution in [2.45, 2.75) is 58.4 Å². The van der Waals surface area contributed by atoms with E-state index in [0.717, 1.165) is 66.4 Å². The Hall–Kier alpha value is -4.29. The number of nitrogens with one attached hydrogen (secondary N) is 1. The Labute approximate surface area is 313 Å². The van der Waals surface area contributed by atoms with Crippen LogP contribution >= 0.6 is 23.2 Å².